The molecule has 0 saturated heterocycles. The van der Waals surface area contributed by atoms with Crippen molar-refractivity contribution in [2.45, 2.75) is 91.6 Å². The third-order valence-electron chi connectivity index (χ3n) is 3.48. The third kappa shape index (κ3) is 14.7. The number of phosphoric ester groups is 1. The van der Waals surface area contributed by atoms with Crippen LogP contribution in [0.3, 0.4) is 0 Å². The normalized spacial score (nSPS) is 13.4. The minimum absolute atomic E-state index is 0.280. The summed E-state index contributed by atoms with van der Waals surface area (Å²) in [7, 11) is -4.45. The Morgan fingerprint density at radius 2 is 1.36 bits per heavy atom. The molecule has 2 N–H and O–H groups in total. The number of hydrogen-bond acceptors (Lipinski definition) is 3. The van der Waals surface area contributed by atoms with Crippen molar-refractivity contribution < 1.29 is 23.7 Å². The van der Waals surface area contributed by atoms with Crippen molar-refractivity contribution in [1.82, 2.24) is 0 Å². The highest BCUT2D eigenvalue weighted by Gasteiger charge is 2.28. The van der Waals surface area contributed by atoms with E-state index in [1.165, 1.54) is 0 Å². The van der Waals surface area contributed by atoms with Crippen LogP contribution in [0.5, 0.6) is 0 Å². The molecule has 0 bridgehead atoms. The number of carbonyl (C=O) groups is 1. The molecular formula is C16H33O5P. The molecule has 0 fully saturated rings. The summed E-state index contributed by atoms with van der Waals surface area (Å²) in [6.45, 7) is 9.92. The maximum Gasteiger partial charge on any atom is 0.470 e. The highest BCUT2D eigenvalue weighted by atomic mass is 31.2. The zero-order chi connectivity index (χ0) is 17.4. The van der Waals surface area contributed by atoms with Gasteiger partial charge in [-0.3, -0.25) is 9.32 Å². The molecule has 0 amide bonds. The molecule has 0 saturated carbocycles. The van der Waals surface area contributed by atoms with Gasteiger partial charge in [-0.2, -0.15) is 0 Å². The fourth-order valence-corrected chi connectivity index (χ4v) is 3.08. The lowest BCUT2D eigenvalue weighted by atomic mass is 9.89. The monoisotopic (exact) mass is 336 g/mol. The van der Waals surface area contributed by atoms with Crippen molar-refractivity contribution in [3.63, 3.8) is 0 Å². The van der Waals surface area contributed by atoms with Gasteiger partial charge in [0, 0.05) is 12.8 Å². The van der Waals surface area contributed by atoms with Crippen LogP contribution in [0.1, 0.15) is 86.0 Å². The van der Waals surface area contributed by atoms with Gasteiger partial charge in [-0.05, 0) is 44.9 Å². The highest BCUT2D eigenvalue weighted by Crippen LogP contribution is 2.42. The predicted octanol–water partition coefficient (Wildman–Crippen LogP) is 4.61. The second-order valence-electron chi connectivity index (χ2n) is 7.86. The number of rotatable bonds is 11. The van der Waals surface area contributed by atoms with Crippen LogP contribution in [-0.2, 0) is 13.9 Å². The smallest absolute Gasteiger partial charge is 0.303 e. The lowest BCUT2D eigenvalue weighted by molar-refractivity contribution is -0.119. The first-order chi connectivity index (χ1) is 9.81. The average molecular weight is 336 g/mol. The Kier molecular flexibility index (Phi) is 9.08. The third-order valence-corrected chi connectivity index (χ3v) is 4.21. The molecule has 0 unspecified atom stereocenters. The van der Waals surface area contributed by atoms with Gasteiger partial charge < -0.3 is 9.79 Å². The number of hydrogen-bond donors (Lipinski definition) is 2. The lowest BCUT2D eigenvalue weighted by Gasteiger charge is -2.25. The van der Waals surface area contributed by atoms with Gasteiger partial charge >= 0.3 is 7.82 Å². The zero-order valence-corrected chi connectivity index (χ0v) is 15.6. The Bertz CT molecular complexity index is 378. The fraction of sp³-hybridized carbons (Fsp3) is 0.938. The summed E-state index contributed by atoms with van der Waals surface area (Å²) in [4.78, 5) is 29.4. The van der Waals surface area contributed by atoms with Crippen LogP contribution in [0.15, 0.2) is 0 Å². The number of phosphoric acid groups is 1. The zero-order valence-electron chi connectivity index (χ0n) is 14.7. The van der Waals surface area contributed by atoms with Gasteiger partial charge in [0.1, 0.15) is 5.78 Å². The first kappa shape index (κ1) is 21.8. The van der Waals surface area contributed by atoms with E-state index in [0.29, 0.717) is 24.7 Å². The quantitative estimate of drug-likeness (QED) is 0.425. The molecule has 22 heavy (non-hydrogen) atoms. The molecule has 0 aliphatic carbocycles. The Labute approximate surface area is 135 Å². The first-order valence-electron chi connectivity index (χ1n) is 8.09. The standard InChI is InChI=1S/C16H33O5P/c1-15(2,3)12-8-6-10-14(17)11-7-9-13-16(4,5)21-22(18,19)20/h6-13H2,1-5H3,(H2,18,19,20). The molecule has 0 aromatic rings. The summed E-state index contributed by atoms with van der Waals surface area (Å²) < 4.78 is 15.5. The van der Waals surface area contributed by atoms with E-state index in [4.69, 9.17) is 14.3 Å². The van der Waals surface area contributed by atoms with Crippen LogP contribution in [0.2, 0.25) is 0 Å². The Balaban J connectivity index is 3.74. The molecule has 0 aliphatic rings. The largest absolute Gasteiger partial charge is 0.470 e. The van der Waals surface area contributed by atoms with Crippen LogP contribution < -0.4 is 0 Å². The summed E-state index contributed by atoms with van der Waals surface area (Å²) in [5, 5.41) is 0. The second kappa shape index (κ2) is 9.17. The van der Waals surface area contributed by atoms with E-state index in [-0.39, 0.29) is 5.78 Å². The van der Waals surface area contributed by atoms with Crippen LogP contribution in [0, 0.1) is 5.41 Å². The maximum absolute atomic E-state index is 11.8. The molecular weight excluding hydrogens is 303 g/mol. The van der Waals surface area contributed by atoms with Gasteiger partial charge in [0.15, 0.2) is 0 Å². The minimum Gasteiger partial charge on any atom is -0.303 e. The topological polar surface area (TPSA) is 83.8 Å². The summed E-state index contributed by atoms with van der Waals surface area (Å²) in [6.07, 6.45) is 6.33. The highest BCUT2D eigenvalue weighted by molar-refractivity contribution is 7.46. The second-order valence-corrected chi connectivity index (χ2v) is 9.02. The van der Waals surface area contributed by atoms with Gasteiger partial charge in [-0.25, -0.2) is 4.57 Å². The number of ketones is 1. The molecule has 0 rings (SSSR count). The Morgan fingerprint density at radius 1 is 0.909 bits per heavy atom. The summed E-state index contributed by atoms with van der Waals surface area (Å²) in [6, 6.07) is 0. The molecule has 0 spiro atoms. The number of Topliss-reactive ketones (excluding diaryl/α,β-unsaturated/α-hetero) is 1. The SMILES string of the molecule is CC(C)(C)CCCCC(=O)CCCCC(C)(C)OP(=O)(O)O. The molecule has 132 valence electrons. The van der Waals surface area contributed by atoms with Gasteiger partial charge in [-0.15, -0.1) is 0 Å². The van der Waals surface area contributed by atoms with E-state index in [2.05, 4.69) is 20.8 Å². The average Bonchev–Trinajstić information content (AvgIpc) is 2.26. The lowest BCUT2D eigenvalue weighted by Crippen LogP contribution is -2.22. The van der Waals surface area contributed by atoms with Crippen molar-refractivity contribution in [3.05, 3.63) is 0 Å². The molecule has 0 heterocycles. The van der Waals surface area contributed by atoms with Crippen LogP contribution in [0.25, 0.3) is 0 Å². The van der Waals surface area contributed by atoms with Gasteiger partial charge in [0.2, 0.25) is 0 Å². The van der Waals surface area contributed by atoms with Gasteiger partial charge in [-0.1, -0.05) is 33.6 Å². The summed E-state index contributed by atoms with van der Waals surface area (Å²) in [5.74, 6) is 0.280. The molecule has 0 aliphatic heterocycles. The number of carbonyl (C=O) groups excluding carboxylic acids is 1. The first-order valence-corrected chi connectivity index (χ1v) is 9.62. The summed E-state index contributed by atoms with van der Waals surface area (Å²) >= 11 is 0. The number of unbranched alkanes of at least 4 members (excludes halogenated alkanes) is 2. The van der Waals surface area contributed by atoms with E-state index in [9.17, 15) is 9.36 Å². The van der Waals surface area contributed by atoms with Gasteiger partial charge in [0.25, 0.3) is 0 Å². The molecule has 6 heteroatoms. The fourth-order valence-electron chi connectivity index (χ4n) is 2.34. The van der Waals surface area contributed by atoms with Gasteiger partial charge in [0.05, 0.1) is 5.60 Å². The van der Waals surface area contributed by atoms with Crippen molar-refractivity contribution in [2.75, 3.05) is 0 Å². The Hall–Kier alpha value is -0.220. The van der Waals surface area contributed by atoms with Crippen LogP contribution in [-0.4, -0.2) is 21.2 Å². The van der Waals surface area contributed by atoms with Crippen molar-refractivity contribution in [2.24, 2.45) is 5.41 Å². The van der Waals surface area contributed by atoms with Crippen molar-refractivity contribution >= 4 is 13.6 Å². The van der Waals surface area contributed by atoms with Crippen molar-refractivity contribution in [1.29, 1.82) is 0 Å². The maximum atomic E-state index is 11.8. The molecule has 5 nitrogen and oxygen atoms in total. The van der Waals surface area contributed by atoms with Crippen LogP contribution >= 0.6 is 7.82 Å². The van der Waals surface area contributed by atoms with Crippen LogP contribution in [0.4, 0.5) is 0 Å². The Morgan fingerprint density at radius 3 is 1.77 bits per heavy atom. The molecule has 0 atom stereocenters. The van der Waals surface area contributed by atoms with E-state index in [0.717, 1.165) is 32.1 Å². The predicted molar refractivity (Wildman–Crippen MR) is 88.6 cm³/mol. The van der Waals surface area contributed by atoms with E-state index in [1.807, 2.05) is 0 Å². The summed E-state index contributed by atoms with van der Waals surface area (Å²) in [5.41, 5.74) is -0.539. The molecule has 0 aromatic heterocycles. The van der Waals surface area contributed by atoms with E-state index in [1.54, 1.807) is 13.8 Å². The van der Waals surface area contributed by atoms with E-state index >= 15 is 0 Å². The molecule has 0 aromatic carbocycles. The molecule has 0 radical (unpaired) electrons. The van der Waals surface area contributed by atoms with Crippen molar-refractivity contribution in [3.8, 4) is 0 Å². The van der Waals surface area contributed by atoms with E-state index < -0.39 is 13.4 Å². The minimum atomic E-state index is -4.45.